The summed E-state index contributed by atoms with van der Waals surface area (Å²) in [6.07, 6.45) is 59.4. The zero-order valence-electron chi connectivity index (χ0n) is 36.3. The third-order valence-electron chi connectivity index (χ3n) is 8.84. The molecule has 0 amide bonds. The lowest BCUT2D eigenvalue weighted by molar-refractivity contribution is -0.167. The van der Waals surface area contributed by atoms with Gasteiger partial charge < -0.3 is 14.2 Å². The smallest absolute Gasteiger partial charge is 0.306 e. The number of esters is 3. The average Bonchev–Trinajstić information content (AvgIpc) is 3.21. The molecule has 0 heterocycles. The molecule has 0 aliphatic rings. The van der Waals surface area contributed by atoms with Crippen molar-refractivity contribution in [2.24, 2.45) is 0 Å². The Balaban J connectivity index is 4.49. The summed E-state index contributed by atoms with van der Waals surface area (Å²) in [4.78, 5) is 37.6. The summed E-state index contributed by atoms with van der Waals surface area (Å²) in [7, 11) is 0. The molecule has 0 radical (unpaired) electrons. The largest absolute Gasteiger partial charge is 0.462 e. The van der Waals surface area contributed by atoms with E-state index in [-0.39, 0.29) is 37.5 Å². The molecule has 320 valence electrons. The zero-order valence-corrected chi connectivity index (χ0v) is 36.3. The third kappa shape index (κ3) is 43.0. The van der Waals surface area contributed by atoms with Crippen LogP contribution in [0.25, 0.3) is 0 Å². The van der Waals surface area contributed by atoms with Gasteiger partial charge in [0.15, 0.2) is 6.10 Å². The molecule has 0 aliphatic heterocycles. The number of ether oxygens (including phenoxy) is 3. The molecule has 6 nitrogen and oxygen atoms in total. The molecule has 0 spiro atoms. The minimum absolute atomic E-state index is 0.119. The Morgan fingerprint density at radius 3 is 1.26 bits per heavy atom. The van der Waals surface area contributed by atoms with Crippen LogP contribution >= 0.6 is 0 Å². The quantitative estimate of drug-likeness (QED) is 0.0204. The van der Waals surface area contributed by atoms with Gasteiger partial charge in [-0.25, -0.2) is 0 Å². The van der Waals surface area contributed by atoms with Crippen LogP contribution in [0.15, 0.2) is 109 Å². The van der Waals surface area contributed by atoms with Gasteiger partial charge in [0.05, 0.1) is 0 Å². The SMILES string of the molecule is CC/C=C\C/C=C\C/C=C\CCCCC(=O)OC(COC(=O)CCCC/C=C\C/C=C\CC)COC(=O)CCCCCCC\C=C/C=C\C=C/C=C\CCCCC. The molecular formula is C51H80O6. The second-order valence-electron chi connectivity index (χ2n) is 14.3. The van der Waals surface area contributed by atoms with Crippen LogP contribution in [-0.4, -0.2) is 37.2 Å². The lowest BCUT2D eigenvalue weighted by atomic mass is 10.1. The Kier molecular flexibility index (Phi) is 41.7. The molecule has 6 heteroatoms. The number of carbonyl (C=O) groups excluding carboxylic acids is 3. The van der Waals surface area contributed by atoms with Gasteiger partial charge in [-0.1, -0.05) is 162 Å². The van der Waals surface area contributed by atoms with Crippen LogP contribution in [0.1, 0.15) is 175 Å². The minimum Gasteiger partial charge on any atom is -0.462 e. The van der Waals surface area contributed by atoms with Crippen LogP contribution in [0.4, 0.5) is 0 Å². The first-order valence-electron chi connectivity index (χ1n) is 22.4. The number of carbonyl (C=O) groups is 3. The Morgan fingerprint density at radius 1 is 0.386 bits per heavy atom. The van der Waals surface area contributed by atoms with E-state index >= 15 is 0 Å². The molecule has 0 aromatic carbocycles. The van der Waals surface area contributed by atoms with Crippen molar-refractivity contribution in [2.45, 2.75) is 181 Å². The predicted molar refractivity (Wildman–Crippen MR) is 242 cm³/mol. The fourth-order valence-electron chi connectivity index (χ4n) is 5.50. The van der Waals surface area contributed by atoms with E-state index in [0.717, 1.165) is 109 Å². The summed E-state index contributed by atoms with van der Waals surface area (Å²) in [5.41, 5.74) is 0. The van der Waals surface area contributed by atoms with Crippen LogP contribution in [0, 0.1) is 0 Å². The van der Waals surface area contributed by atoms with Crippen LogP contribution in [0.3, 0.4) is 0 Å². The highest BCUT2D eigenvalue weighted by molar-refractivity contribution is 5.71. The van der Waals surface area contributed by atoms with Gasteiger partial charge in [-0.3, -0.25) is 14.4 Å². The topological polar surface area (TPSA) is 78.9 Å². The first-order chi connectivity index (χ1) is 28.0. The van der Waals surface area contributed by atoms with Crippen molar-refractivity contribution in [1.29, 1.82) is 0 Å². The van der Waals surface area contributed by atoms with E-state index < -0.39 is 6.10 Å². The molecule has 0 saturated heterocycles. The van der Waals surface area contributed by atoms with Gasteiger partial charge in [0.1, 0.15) is 13.2 Å². The molecule has 0 aliphatic carbocycles. The summed E-state index contributed by atoms with van der Waals surface area (Å²) in [5.74, 6) is -1.03. The summed E-state index contributed by atoms with van der Waals surface area (Å²) in [5, 5.41) is 0. The van der Waals surface area contributed by atoms with E-state index in [1.165, 1.54) is 19.3 Å². The van der Waals surface area contributed by atoms with Crippen molar-refractivity contribution in [3.8, 4) is 0 Å². The summed E-state index contributed by atoms with van der Waals surface area (Å²) < 4.78 is 16.6. The molecule has 1 unspecified atom stereocenters. The molecule has 0 saturated carbocycles. The zero-order chi connectivity index (χ0) is 41.5. The highest BCUT2D eigenvalue weighted by Crippen LogP contribution is 2.11. The van der Waals surface area contributed by atoms with Gasteiger partial charge in [0, 0.05) is 19.3 Å². The Hall–Kier alpha value is -3.93. The van der Waals surface area contributed by atoms with Crippen LogP contribution in [0.5, 0.6) is 0 Å². The predicted octanol–water partition coefficient (Wildman–Crippen LogP) is 14.4. The molecule has 1 atom stereocenters. The van der Waals surface area contributed by atoms with Crippen LogP contribution in [0.2, 0.25) is 0 Å². The second kappa shape index (κ2) is 44.8. The van der Waals surface area contributed by atoms with E-state index in [4.69, 9.17) is 14.2 Å². The highest BCUT2D eigenvalue weighted by atomic mass is 16.6. The fourth-order valence-corrected chi connectivity index (χ4v) is 5.50. The van der Waals surface area contributed by atoms with Gasteiger partial charge >= 0.3 is 17.9 Å². The van der Waals surface area contributed by atoms with Crippen molar-refractivity contribution < 1.29 is 28.6 Å². The maximum absolute atomic E-state index is 12.7. The van der Waals surface area contributed by atoms with E-state index in [0.29, 0.717) is 19.3 Å². The van der Waals surface area contributed by atoms with Crippen molar-refractivity contribution in [2.75, 3.05) is 13.2 Å². The molecular weight excluding hydrogens is 709 g/mol. The van der Waals surface area contributed by atoms with Gasteiger partial charge in [0.2, 0.25) is 0 Å². The first kappa shape index (κ1) is 53.1. The van der Waals surface area contributed by atoms with Gasteiger partial charge in [0.25, 0.3) is 0 Å². The lowest BCUT2D eigenvalue weighted by Crippen LogP contribution is -2.30. The van der Waals surface area contributed by atoms with Gasteiger partial charge in [-0.15, -0.1) is 0 Å². The molecule has 0 bridgehead atoms. The van der Waals surface area contributed by atoms with Crippen LogP contribution in [-0.2, 0) is 28.6 Å². The summed E-state index contributed by atoms with van der Waals surface area (Å²) in [6, 6.07) is 0. The highest BCUT2D eigenvalue weighted by Gasteiger charge is 2.19. The van der Waals surface area contributed by atoms with Gasteiger partial charge in [-0.05, 0) is 103 Å². The molecule has 0 aromatic rings. The lowest BCUT2D eigenvalue weighted by Gasteiger charge is -2.18. The number of unbranched alkanes of at least 4 members (excludes halogenated alkanes) is 12. The molecule has 57 heavy (non-hydrogen) atoms. The second-order valence-corrected chi connectivity index (χ2v) is 14.3. The fraction of sp³-hybridized carbons (Fsp3) is 0.588. The van der Waals surface area contributed by atoms with Crippen molar-refractivity contribution in [3.63, 3.8) is 0 Å². The molecule has 0 fully saturated rings. The molecule has 0 N–H and O–H groups in total. The summed E-state index contributed by atoms with van der Waals surface area (Å²) >= 11 is 0. The Labute approximate surface area is 349 Å². The average molecular weight is 789 g/mol. The Morgan fingerprint density at radius 2 is 0.754 bits per heavy atom. The number of rotatable bonds is 38. The Bertz CT molecular complexity index is 1230. The minimum atomic E-state index is -0.820. The number of hydrogen-bond acceptors (Lipinski definition) is 6. The molecule has 0 aromatic heterocycles. The van der Waals surface area contributed by atoms with Crippen molar-refractivity contribution in [1.82, 2.24) is 0 Å². The van der Waals surface area contributed by atoms with E-state index in [1.54, 1.807) is 0 Å². The van der Waals surface area contributed by atoms with E-state index in [9.17, 15) is 14.4 Å². The summed E-state index contributed by atoms with van der Waals surface area (Å²) in [6.45, 7) is 6.23. The third-order valence-corrected chi connectivity index (χ3v) is 8.84. The number of allylic oxidation sites excluding steroid dienone is 18. The maximum atomic E-state index is 12.7. The monoisotopic (exact) mass is 789 g/mol. The maximum Gasteiger partial charge on any atom is 0.306 e. The van der Waals surface area contributed by atoms with Crippen LogP contribution < -0.4 is 0 Å². The van der Waals surface area contributed by atoms with Crippen molar-refractivity contribution in [3.05, 3.63) is 109 Å². The molecule has 0 rings (SSSR count). The van der Waals surface area contributed by atoms with Gasteiger partial charge in [-0.2, -0.15) is 0 Å². The first-order valence-corrected chi connectivity index (χ1v) is 22.4. The standard InChI is InChI=1S/C51H80O6/c1-4-7-10-13-16-19-21-23-24-25-26-27-28-30-32-35-38-41-44-50(53)56-47-48(46-55-49(52)43-40-37-34-31-18-15-12-9-6-3)57-51(54)45-42-39-36-33-29-22-20-17-14-11-8-5-2/h8-9,11-12,16-21,23-27,29,31,33,48H,4-7,10,13-15,22,28,30,32,34-47H2,1-3H3/b11-8-,12-9-,19-16-,20-17-,23-21-,25-24-,27-26-,31-18-,33-29-. The van der Waals surface area contributed by atoms with Crippen molar-refractivity contribution >= 4 is 17.9 Å². The normalized spacial score (nSPS) is 13.1. The van der Waals surface area contributed by atoms with E-state index in [2.05, 4.69) is 130 Å². The number of hydrogen-bond donors (Lipinski definition) is 0. The van der Waals surface area contributed by atoms with E-state index in [1.807, 2.05) is 0 Å².